The van der Waals surface area contributed by atoms with Gasteiger partial charge in [0, 0.05) is 16.7 Å². The van der Waals surface area contributed by atoms with Gasteiger partial charge in [0.1, 0.15) is 0 Å². The third-order valence-electron chi connectivity index (χ3n) is 2.73. The smallest absolute Gasteiger partial charge is 0.262 e. The number of sulfonamides is 1. The van der Waals surface area contributed by atoms with Gasteiger partial charge in [0.05, 0.1) is 4.90 Å². The molecule has 0 aromatic heterocycles. The Morgan fingerprint density at radius 1 is 1.05 bits per heavy atom. The Balaban J connectivity index is 2.33. The van der Waals surface area contributed by atoms with Gasteiger partial charge in [-0.3, -0.25) is 4.72 Å². The first-order valence-electron chi connectivity index (χ1n) is 6.04. The molecule has 0 amide bonds. The van der Waals surface area contributed by atoms with Gasteiger partial charge >= 0.3 is 0 Å². The SMILES string of the molecule is CNCc1ccccc1S(=O)(=O)Nc1ccc(Br)cc1. The van der Waals surface area contributed by atoms with E-state index in [0.717, 1.165) is 10.0 Å². The predicted octanol–water partition coefficient (Wildman–Crippen LogP) is 2.97. The third kappa shape index (κ3) is 3.59. The second-order valence-corrected chi connectivity index (χ2v) is 6.82. The molecule has 20 heavy (non-hydrogen) atoms. The number of hydrogen-bond donors (Lipinski definition) is 2. The zero-order chi connectivity index (χ0) is 14.6. The van der Waals surface area contributed by atoms with E-state index in [0.29, 0.717) is 12.2 Å². The van der Waals surface area contributed by atoms with Crippen LogP contribution >= 0.6 is 15.9 Å². The third-order valence-corrected chi connectivity index (χ3v) is 4.74. The fraction of sp³-hybridized carbons (Fsp3) is 0.143. The van der Waals surface area contributed by atoms with Crippen molar-refractivity contribution in [2.24, 2.45) is 0 Å². The molecule has 2 N–H and O–H groups in total. The highest BCUT2D eigenvalue weighted by Crippen LogP contribution is 2.21. The van der Waals surface area contributed by atoms with Crippen molar-refractivity contribution in [1.82, 2.24) is 5.32 Å². The molecular formula is C14H15BrN2O2S. The standard InChI is InChI=1S/C14H15BrN2O2S/c1-16-10-11-4-2-3-5-14(11)20(18,19)17-13-8-6-12(15)7-9-13/h2-9,16-17H,10H2,1H3. The molecule has 0 unspecified atom stereocenters. The Hall–Kier alpha value is -1.37. The lowest BCUT2D eigenvalue weighted by Crippen LogP contribution is -2.17. The van der Waals surface area contributed by atoms with Gasteiger partial charge in [-0.2, -0.15) is 0 Å². The first-order valence-corrected chi connectivity index (χ1v) is 8.31. The topological polar surface area (TPSA) is 58.2 Å². The van der Waals surface area contributed by atoms with E-state index in [4.69, 9.17) is 0 Å². The molecule has 106 valence electrons. The van der Waals surface area contributed by atoms with Crippen molar-refractivity contribution in [2.45, 2.75) is 11.4 Å². The van der Waals surface area contributed by atoms with Crippen LogP contribution in [-0.2, 0) is 16.6 Å². The van der Waals surface area contributed by atoms with E-state index in [1.165, 1.54) is 0 Å². The lowest BCUT2D eigenvalue weighted by atomic mass is 10.2. The van der Waals surface area contributed by atoms with Gasteiger partial charge in [0.2, 0.25) is 0 Å². The van der Waals surface area contributed by atoms with Crippen LogP contribution < -0.4 is 10.0 Å². The summed E-state index contributed by atoms with van der Waals surface area (Å²) in [5.41, 5.74) is 1.27. The minimum absolute atomic E-state index is 0.289. The molecule has 0 heterocycles. The lowest BCUT2D eigenvalue weighted by Gasteiger charge is -2.12. The molecule has 2 aromatic carbocycles. The van der Waals surface area contributed by atoms with Gasteiger partial charge in [0.15, 0.2) is 0 Å². The van der Waals surface area contributed by atoms with Crippen LogP contribution in [0.2, 0.25) is 0 Å². The van der Waals surface area contributed by atoms with Crippen molar-refractivity contribution in [2.75, 3.05) is 11.8 Å². The highest BCUT2D eigenvalue weighted by Gasteiger charge is 2.17. The number of rotatable bonds is 5. The second kappa shape index (κ2) is 6.39. The molecular weight excluding hydrogens is 340 g/mol. The van der Waals surface area contributed by atoms with Gasteiger partial charge in [-0.15, -0.1) is 0 Å². The van der Waals surface area contributed by atoms with Crippen molar-refractivity contribution >= 4 is 31.6 Å². The minimum atomic E-state index is -3.58. The predicted molar refractivity (Wildman–Crippen MR) is 84.2 cm³/mol. The average Bonchev–Trinajstić information content (AvgIpc) is 2.42. The van der Waals surface area contributed by atoms with Crippen molar-refractivity contribution in [1.29, 1.82) is 0 Å². The Bertz CT molecular complexity index is 685. The fourth-order valence-electron chi connectivity index (χ4n) is 1.83. The van der Waals surface area contributed by atoms with E-state index in [9.17, 15) is 8.42 Å². The first-order chi connectivity index (χ1) is 9.53. The number of halogens is 1. The van der Waals surface area contributed by atoms with Gasteiger partial charge in [0.25, 0.3) is 10.0 Å². The molecule has 0 radical (unpaired) electrons. The molecule has 0 saturated carbocycles. The van der Waals surface area contributed by atoms with Crippen LogP contribution in [0.1, 0.15) is 5.56 Å². The van der Waals surface area contributed by atoms with Gasteiger partial charge in [-0.05, 0) is 42.9 Å². The second-order valence-electron chi connectivity index (χ2n) is 4.25. The molecule has 0 aliphatic rings. The van der Waals surface area contributed by atoms with Crippen LogP contribution in [0.4, 0.5) is 5.69 Å². The summed E-state index contributed by atoms with van der Waals surface area (Å²) in [6.45, 7) is 0.497. The Morgan fingerprint density at radius 2 is 1.70 bits per heavy atom. The molecule has 0 aliphatic carbocycles. The van der Waals surface area contributed by atoms with E-state index in [1.54, 1.807) is 49.5 Å². The summed E-state index contributed by atoms with van der Waals surface area (Å²) < 4.78 is 28.3. The lowest BCUT2D eigenvalue weighted by molar-refractivity contribution is 0.599. The zero-order valence-corrected chi connectivity index (χ0v) is 13.3. The van der Waals surface area contributed by atoms with Crippen LogP contribution in [0, 0.1) is 0 Å². The van der Waals surface area contributed by atoms with E-state index in [1.807, 2.05) is 6.07 Å². The Kier molecular flexibility index (Phi) is 4.80. The molecule has 0 bridgehead atoms. The normalized spacial score (nSPS) is 11.3. The largest absolute Gasteiger partial charge is 0.316 e. The first kappa shape index (κ1) is 15.0. The zero-order valence-electron chi connectivity index (χ0n) is 10.9. The van der Waals surface area contributed by atoms with E-state index < -0.39 is 10.0 Å². The highest BCUT2D eigenvalue weighted by molar-refractivity contribution is 9.10. The van der Waals surface area contributed by atoms with Crippen LogP contribution in [0.25, 0.3) is 0 Å². The fourth-order valence-corrected chi connectivity index (χ4v) is 3.39. The van der Waals surface area contributed by atoms with Gasteiger partial charge in [-0.25, -0.2) is 8.42 Å². The number of nitrogens with one attached hydrogen (secondary N) is 2. The van der Waals surface area contributed by atoms with Crippen molar-refractivity contribution in [3.05, 3.63) is 58.6 Å². The molecule has 2 aromatic rings. The van der Waals surface area contributed by atoms with Crippen LogP contribution in [0.3, 0.4) is 0 Å². The molecule has 0 atom stereocenters. The molecule has 0 saturated heterocycles. The number of anilines is 1. The Morgan fingerprint density at radius 3 is 2.35 bits per heavy atom. The summed E-state index contributed by atoms with van der Waals surface area (Å²) in [6, 6.07) is 13.9. The van der Waals surface area contributed by atoms with E-state index in [2.05, 4.69) is 26.0 Å². The van der Waals surface area contributed by atoms with Gasteiger partial charge in [-0.1, -0.05) is 34.1 Å². The number of hydrogen-bond acceptors (Lipinski definition) is 3. The van der Waals surface area contributed by atoms with Crippen LogP contribution in [-0.4, -0.2) is 15.5 Å². The summed E-state index contributed by atoms with van der Waals surface area (Å²) in [5, 5.41) is 2.97. The van der Waals surface area contributed by atoms with Crippen molar-refractivity contribution < 1.29 is 8.42 Å². The maximum atomic E-state index is 12.4. The molecule has 2 rings (SSSR count). The monoisotopic (exact) mass is 354 g/mol. The summed E-state index contributed by atoms with van der Waals surface area (Å²) in [7, 11) is -1.80. The Labute approximate surface area is 127 Å². The maximum absolute atomic E-state index is 12.4. The highest BCUT2D eigenvalue weighted by atomic mass is 79.9. The average molecular weight is 355 g/mol. The molecule has 6 heteroatoms. The van der Waals surface area contributed by atoms with E-state index in [-0.39, 0.29) is 4.90 Å². The van der Waals surface area contributed by atoms with Crippen molar-refractivity contribution in [3.63, 3.8) is 0 Å². The summed E-state index contributed by atoms with van der Waals surface area (Å²) >= 11 is 3.32. The van der Waals surface area contributed by atoms with Gasteiger partial charge < -0.3 is 5.32 Å². The summed E-state index contributed by atoms with van der Waals surface area (Å²) in [4.78, 5) is 0.289. The van der Waals surface area contributed by atoms with E-state index >= 15 is 0 Å². The van der Waals surface area contributed by atoms with Crippen LogP contribution in [0.15, 0.2) is 57.9 Å². The minimum Gasteiger partial charge on any atom is -0.316 e. The maximum Gasteiger partial charge on any atom is 0.262 e. The molecule has 0 aliphatic heterocycles. The molecule has 0 fully saturated rings. The van der Waals surface area contributed by atoms with Crippen molar-refractivity contribution in [3.8, 4) is 0 Å². The summed E-state index contributed by atoms with van der Waals surface area (Å²) in [6.07, 6.45) is 0. The number of benzene rings is 2. The molecule has 0 spiro atoms. The van der Waals surface area contributed by atoms with Crippen LogP contribution in [0.5, 0.6) is 0 Å². The summed E-state index contributed by atoms with van der Waals surface area (Å²) in [5.74, 6) is 0. The quantitative estimate of drug-likeness (QED) is 0.867. The molecule has 4 nitrogen and oxygen atoms in total.